The second-order valence-electron chi connectivity index (χ2n) is 5.39. The van der Waals surface area contributed by atoms with E-state index in [0.717, 1.165) is 38.5 Å². The fraction of sp³-hybridized carbons (Fsp3) is 0.923. The van der Waals surface area contributed by atoms with Gasteiger partial charge >= 0.3 is 0 Å². The molecule has 1 N–H and O–H groups in total. The van der Waals surface area contributed by atoms with Gasteiger partial charge in [0, 0.05) is 31.6 Å². The molecule has 0 spiro atoms. The Bertz CT molecular complexity index is 269. The van der Waals surface area contributed by atoms with Crippen molar-refractivity contribution in [1.29, 1.82) is 0 Å². The van der Waals surface area contributed by atoms with E-state index in [1.165, 1.54) is 12.8 Å². The molecule has 2 unspecified atom stereocenters. The van der Waals surface area contributed by atoms with Gasteiger partial charge in [-0.3, -0.25) is 9.69 Å². The lowest BCUT2D eigenvalue weighted by Gasteiger charge is -2.25. The van der Waals surface area contributed by atoms with Crippen molar-refractivity contribution in [1.82, 2.24) is 15.1 Å². The van der Waals surface area contributed by atoms with Crippen molar-refractivity contribution in [3.05, 3.63) is 0 Å². The van der Waals surface area contributed by atoms with Crippen molar-refractivity contribution in [2.24, 2.45) is 0 Å². The van der Waals surface area contributed by atoms with E-state index in [-0.39, 0.29) is 0 Å². The average Bonchev–Trinajstić information content (AvgIpc) is 2.53. The van der Waals surface area contributed by atoms with Crippen LogP contribution in [0.5, 0.6) is 0 Å². The van der Waals surface area contributed by atoms with Crippen LogP contribution in [-0.2, 0) is 4.79 Å². The molecule has 2 bridgehead atoms. The standard InChI is InChI=1S/C13H25N3O/c1-14-8-3-4-13(17)16-9-7-11-5-6-12(10-16)15(11)2/h11-12,14H,3-10H2,1-2H3. The molecule has 1 amide bonds. The number of carbonyl (C=O) groups is 1. The molecule has 98 valence electrons. The van der Waals surface area contributed by atoms with Crippen LogP contribution < -0.4 is 5.32 Å². The molecular formula is C13H25N3O. The van der Waals surface area contributed by atoms with E-state index in [9.17, 15) is 4.79 Å². The highest BCUT2D eigenvalue weighted by Gasteiger charge is 2.35. The van der Waals surface area contributed by atoms with E-state index in [1.807, 2.05) is 7.05 Å². The SMILES string of the molecule is CNCCCC(=O)N1CCC2CCC(C1)N2C. The summed E-state index contributed by atoms with van der Waals surface area (Å²) >= 11 is 0. The highest BCUT2D eigenvalue weighted by Crippen LogP contribution is 2.28. The molecule has 2 aliphatic rings. The monoisotopic (exact) mass is 239 g/mol. The van der Waals surface area contributed by atoms with Crippen molar-refractivity contribution in [2.45, 2.75) is 44.2 Å². The van der Waals surface area contributed by atoms with E-state index in [4.69, 9.17) is 0 Å². The number of likely N-dealkylation sites (N-methyl/N-ethyl adjacent to an activating group) is 1. The molecule has 4 heteroatoms. The second-order valence-corrected chi connectivity index (χ2v) is 5.39. The summed E-state index contributed by atoms with van der Waals surface area (Å²) in [5.74, 6) is 0.348. The second kappa shape index (κ2) is 5.83. The van der Waals surface area contributed by atoms with Gasteiger partial charge in [0.2, 0.25) is 5.91 Å². The molecule has 0 aromatic heterocycles. The number of fused-ring (bicyclic) bond motifs is 2. The number of carbonyl (C=O) groups excluding carboxylic acids is 1. The predicted octanol–water partition coefficient (Wildman–Crippen LogP) is 0.681. The summed E-state index contributed by atoms with van der Waals surface area (Å²) in [5.41, 5.74) is 0. The molecular weight excluding hydrogens is 214 g/mol. The zero-order valence-corrected chi connectivity index (χ0v) is 11.1. The average molecular weight is 239 g/mol. The van der Waals surface area contributed by atoms with Gasteiger partial charge in [0.05, 0.1) is 0 Å². The lowest BCUT2D eigenvalue weighted by Crippen LogP contribution is -2.39. The van der Waals surface area contributed by atoms with Crippen LogP contribution in [-0.4, -0.2) is 61.5 Å². The smallest absolute Gasteiger partial charge is 0.222 e. The minimum absolute atomic E-state index is 0.348. The molecule has 2 heterocycles. The number of amides is 1. The van der Waals surface area contributed by atoms with Gasteiger partial charge in [-0.25, -0.2) is 0 Å². The number of rotatable bonds is 4. The van der Waals surface area contributed by atoms with Gasteiger partial charge in [-0.05, 0) is 46.3 Å². The summed E-state index contributed by atoms with van der Waals surface area (Å²) in [6.45, 7) is 2.85. The van der Waals surface area contributed by atoms with Crippen LogP contribution in [0.1, 0.15) is 32.1 Å². The van der Waals surface area contributed by atoms with Crippen molar-refractivity contribution >= 4 is 5.91 Å². The van der Waals surface area contributed by atoms with E-state index in [1.54, 1.807) is 0 Å². The normalized spacial score (nSPS) is 29.4. The van der Waals surface area contributed by atoms with E-state index in [2.05, 4.69) is 22.2 Å². The lowest BCUT2D eigenvalue weighted by atomic mass is 10.1. The zero-order valence-electron chi connectivity index (χ0n) is 11.1. The van der Waals surface area contributed by atoms with Gasteiger partial charge < -0.3 is 10.2 Å². The third kappa shape index (κ3) is 2.99. The zero-order chi connectivity index (χ0) is 12.3. The number of nitrogens with one attached hydrogen (secondary N) is 1. The van der Waals surface area contributed by atoms with Gasteiger partial charge in [-0.2, -0.15) is 0 Å². The molecule has 0 radical (unpaired) electrons. The first kappa shape index (κ1) is 12.8. The quantitative estimate of drug-likeness (QED) is 0.733. The highest BCUT2D eigenvalue weighted by molar-refractivity contribution is 5.76. The lowest BCUT2D eigenvalue weighted by molar-refractivity contribution is -0.131. The molecule has 0 aromatic rings. The molecule has 0 aliphatic carbocycles. The highest BCUT2D eigenvalue weighted by atomic mass is 16.2. The third-order valence-electron chi connectivity index (χ3n) is 4.32. The van der Waals surface area contributed by atoms with Gasteiger partial charge in [0.15, 0.2) is 0 Å². The fourth-order valence-corrected chi connectivity index (χ4v) is 3.11. The van der Waals surface area contributed by atoms with Crippen molar-refractivity contribution < 1.29 is 4.79 Å². The van der Waals surface area contributed by atoms with Crippen LogP contribution in [0.4, 0.5) is 0 Å². The molecule has 2 atom stereocenters. The molecule has 2 saturated heterocycles. The Labute approximate surface area is 104 Å². The van der Waals surface area contributed by atoms with Crippen LogP contribution >= 0.6 is 0 Å². The van der Waals surface area contributed by atoms with Crippen molar-refractivity contribution in [2.75, 3.05) is 33.7 Å². The maximum absolute atomic E-state index is 12.1. The molecule has 2 aliphatic heterocycles. The number of hydrogen-bond donors (Lipinski definition) is 1. The first-order chi connectivity index (χ1) is 8.22. The maximum Gasteiger partial charge on any atom is 0.222 e. The molecule has 0 aromatic carbocycles. The minimum atomic E-state index is 0.348. The van der Waals surface area contributed by atoms with Gasteiger partial charge in [0.25, 0.3) is 0 Å². The molecule has 4 nitrogen and oxygen atoms in total. The van der Waals surface area contributed by atoms with E-state index in [0.29, 0.717) is 18.4 Å². The minimum Gasteiger partial charge on any atom is -0.341 e. The first-order valence-corrected chi connectivity index (χ1v) is 6.86. The Morgan fingerprint density at radius 1 is 1.29 bits per heavy atom. The van der Waals surface area contributed by atoms with E-state index >= 15 is 0 Å². The van der Waals surface area contributed by atoms with Crippen LogP contribution in [0.15, 0.2) is 0 Å². The largest absolute Gasteiger partial charge is 0.341 e. The van der Waals surface area contributed by atoms with Gasteiger partial charge in [-0.1, -0.05) is 0 Å². The summed E-state index contributed by atoms with van der Waals surface area (Å²) in [7, 11) is 4.15. The van der Waals surface area contributed by atoms with Crippen LogP contribution in [0.3, 0.4) is 0 Å². The van der Waals surface area contributed by atoms with E-state index < -0.39 is 0 Å². The third-order valence-corrected chi connectivity index (χ3v) is 4.32. The Kier molecular flexibility index (Phi) is 4.40. The number of likely N-dealkylation sites (tertiary alicyclic amines) is 1. The summed E-state index contributed by atoms with van der Waals surface area (Å²) in [4.78, 5) is 16.7. The van der Waals surface area contributed by atoms with Crippen molar-refractivity contribution in [3.63, 3.8) is 0 Å². The summed E-state index contributed by atoms with van der Waals surface area (Å²) < 4.78 is 0. The van der Waals surface area contributed by atoms with Crippen molar-refractivity contribution in [3.8, 4) is 0 Å². The first-order valence-electron chi connectivity index (χ1n) is 6.86. The summed E-state index contributed by atoms with van der Waals surface area (Å²) in [6.07, 6.45) is 5.40. The predicted molar refractivity (Wildman–Crippen MR) is 68.9 cm³/mol. The topological polar surface area (TPSA) is 35.6 Å². The van der Waals surface area contributed by atoms with Gasteiger partial charge in [-0.15, -0.1) is 0 Å². The van der Waals surface area contributed by atoms with Crippen LogP contribution in [0, 0.1) is 0 Å². The van der Waals surface area contributed by atoms with Crippen LogP contribution in [0.25, 0.3) is 0 Å². The number of nitrogens with zero attached hydrogens (tertiary/aromatic N) is 2. The molecule has 2 rings (SSSR count). The Morgan fingerprint density at radius 2 is 2.06 bits per heavy atom. The number of hydrogen-bond acceptors (Lipinski definition) is 3. The van der Waals surface area contributed by atoms with Crippen LogP contribution in [0.2, 0.25) is 0 Å². The molecule has 2 fully saturated rings. The summed E-state index contributed by atoms with van der Waals surface area (Å²) in [6, 6.07) is 1.32. The fourth-order valence-electron chi connectivity index (χ4n) is 3.11. The maximum atomic E-state index is 12.1. The Hall–Kier alpha value is -0.610. The molecule has 0 saturated carbocycles. The molecule has 17 heavy (non-hydrogen) atoms. The van der Waals surface area contributed by atoms with Gasteiger partial charge in [0.1, 0.15) is 0 Å². The summed E-state index contributed by atoms with van der Waals surface area (Å²) in [5, 5.41) is 3.09. The Balaban J connectivity index is 1.83. The Morgan fingerprint density at radius 3 is 2.82 bits per heavy atom.